The molecule has 9 heteroatoms. The van der Waals surface area contributed by atoms with E-state index in [0.29, 0.717) is 0 Å². The molecule has 4 atom stereocenters. The molecular formula is C13H16N2O6S. The Bertz CT molecular complexity index is 624. The van der Waals surface area contributed by atoms with E-state index in [2.05, 4.69) is 5.32 Å². The van der Waals surface area contributed by atoms with E-state index in [1.807, 2.05) is 0 Å². The Morgan fingerprint density at radius 2 is 2.14 bits per heavy atom. The maximum atomic E-state index is 12.2. The molecule has 0 aromatic heterocycles. The van der Waals surface area contributed by atoms with Gasteiger partial charge in [0, 0.05) is 25.0 Å². The summed E-state index contributed by atoms with van der Waals surface area (Å²) in [5, 5.41) is 22.3. The third-order valence-corrected chi connectivity index (χ3v) is 4.84. The maximum absolute atomic E-state index is 12.2. The highest BCUT2D eigenvalue weighted by Crippen LogP contribution is 2.44. The molecule has 2 amide bonds. The summed E-state index contributed by atoms with van der Waals surface area (Å²) < 4.78 is 12.2. The van der Waals surface area contributed by atoms with E-state index in [-0.39, 0.29) is 22.9 Å². The number of carboxylic acids is 1. The van der Waals surface area contributed by atoms with Crippen LogP contribution in [0.15, 0.2) is 22.2 Å². The molecule has 2 rings (SSSR count). The minimum atomic E-state index is -1.78. The van der Waals surface area contributed by atoms with Crippen molar-refractivity contribution < 1.29 is 28.8 Å². The van der Waals surface area contributed by atoms with Gasteiger partial charge in [-0.1, -0.05) is 0 Å². The summed E-state index contributed by atoms with van der Waals surface area (Å²) in [5.74, 6) is -2.84. The highest BCUT2D eigenvalue weighted by Gasteiger charge is 2.57. The predicted molar refractivity (Wildman–Crippen MR) is 76.2 cm³/mol. The standard InChI is InChI=1S/C13H16N2O6S/c1-6(16)10-8-5-9(22(21)4-3-14-7(2)17)11(13(19)20)15(8)12(10)18/h3-4,6,8,10,16H,5H2,1-2H3,(H,14,17)(H,19,20)/t6-,8+,10-,22?/m0/s1. The first-order chi connectivity index (χ1) is 10.3. The van der Waals surface area contributed by atoms with Crippen LogP contribution in [0.3, 0.4) is 0 Å². The third-order valence-electron chi connectivity index (χ3n) is 3.61. The molecule has 1 saturated heterocycles. The average Bonchev–Trinajstić information content (AvgIpc) is 2.72. The lowest BCUT2D eigenvalue weighted by Crippen LogP contribution is -2.61. The minimum Gasteiger partial charge on any atom is -0.477 e. The summed E-state index contributed by atoms with van der Waals surface area (Å²) in [6.45, 7) is 2.74. The third kappa shape index (κ3) is 2.69. The van der Waals surface area contributed by atoms with Gasteiger partial charge in [-0.15, -0.1) is 0 Å². The fourth-order valence-corrected chi connectivity index (χ4v) is 3.77. The lowest BCUT2D eigenvalue weighted by molar-refractivity contribution is -0.161. The first kappa shape index (κ1) is 16.4. The highest BCUT2D eigenvalue weighted by atomic mass is 32.2. The van der Waals surface area contributed by atoms with E-state index in [1.165, 1.54) is 20.0 Å². The van der Waals surface area contributed by atoms with Gasteiger partial charge in [0.05, 0.1) is 33.8 Å². The van der Waals surface area contributed by atoms with Crippen molar-refractivity contribution in [2.45, 2.75) is 32.4 Å². The first-order valence-electron chi connectivity index (χ1n) is 6.57. The number of hydrogen-bond donors (Lipinski definition) is 3. The summed E-state index contributed by atoms with van der Waals surface area (Å²) in [6.07, 6.45) is 0.403. The van der Waals surface area contributed by atoms with E-state index in [4.69, 9.17) is 0 Å². The molecular weight excluding hydrogens is 312 g/mol. The number of carboxylic acid groups (broad SMARTS) is 1. The van der Waals surface area contributed by atoms with Gasteiger partial charge in [0.1, 0.15) is 5.70 Å². The number of rotatable bonds is 5. The van der Waals surface area contributed by atoms with E-state index in [9.17, 15) is 28.8 Å². The van der Waals surface area contributed by atoms with Crippen LogP contribution in [0.4, 0.5) is 0 Å². The van der Waals surface area contributed by atoms with Crippen molar-refractivity contribution in [1.29, 1.82) is 0 Å². The summed E-state index contributed by atoms with van der Waals surface area (Å²) in [7, 11) is -1.78. The molecule has 0 saturated carbocycles. The fraction of sp³-hybridized carbons (Fsp3) is 0.462. The average molecular weight is 328 g/mol. The predicted octanol–water partition coefficient (Wildman–Crippen LogP) is -0.750. The number of aliphatic hydroxyl groups excluding tert-OH is 1. The molecule has 8 nitrogen and oxygen atoms in total. The van der Waals surface area contributed by atoms with Crippen LogP contribution in [0, 0.1) is 5.92 Å². The quantitative estimate of drug-likeness (QED) is 0.571. The molecule has 1 unspecified atom stereocenters. The van der Waals surface area contributed by atoms with Crippen LogP contribution in [0.1, 0.15) is 20.3 Å². The second kappa shape index (κ2) is 6.01. The normalized spacial score (nSPS) is 26.7. The van der Waals surface area contributed by atoms with Gasteiger partial charge in [0.15, 0.2) is 0 Å². The van der Waals surface area contributed by atoms with Crippen LogP contribution in [-0.2, 0) is 25.2 Å². The second-order valence-electron chi connectivity index (χ2n) is 5.12. The summed E-state index contributed by atoms with van der Waals surface area (Å²) >= 11 is 0. The number of aliphatic carboxylic acids is 1. The number of β-lactam (4-membered cyclic amide) rings is 1. The van der Waals surface area contributed by atoms with Crippen LogP contribution in [0.5, 0.6) is 0 Å². The van der Waals surface area contributed by atoms with Crippen molar-refractivity contribution in [2.24, 2.45) is 5.92 Å². The molecule has 0 aromatic rings. The van der Waals surface area contributed by atoms with Crippen molar-refractivity contribution >= 4 is 28.6 Å². The van der Waals surface area contributed by atoms with Crippen molar-refractivity contribution in [1.82, 2.24) is 10.2 Å². The number of carbonyl (C=O) groups excluding carboxylic acids is 2. The van der Waals surface area contributed by atoms with Crippen molar-refractivity contribution in [3.05, 3.63) is 22.2 Å². The van der Waals surface area contributed by atoms with E-state index < -0.39 is 40.7 Å². The SMILES string of the molecule is CC(=O)NC=CS(=O)C1=C(C(=O)O)N2C(=O)[C@@H]([C@H](C)O)[C@H]2C1. The van der Waals surface area contributed by atoms with Crippen LogP contribution in [0.25, 0.3) is 0 Å². The van der Waals surface area contributed by atoms with Gasteiger partial charge >= 0.3 is 5.97 Å². The van der Waals surface area contributed by atoms with Gasteiger partial charge in [-0.05, 0) is 6.92 Å². The lowest BCUT2D eigenvalue weighted by Gasteiger charge is -2.44. The maximum Gasteiger partial charge on any atom is 0.353 e. The molecule has 22 heavy (non-hydrogen) atoms. The Labute approximate surface area is 128 Å². The summed E-state index contributed by atoms with van der Waals surface area (Å²) in [4.78, 5) is 35.3. The Kier molecular flexibility index (Phi) is 4.47. The van der Waals surface area contributed by atoms with Gasteiger partial charge in [-0.3, -0.25) is 9.59 Å². The number of amides is 2. The van der Waals surface area contributed by atoms with E-state index in [1.54, 1.807) is 0 Å². The highest BCUT2D eigenvalue weighted by molar-refractivity contribution is 7.91. The topological polar surface area (TPSA) is 124 Å². The van der Waals surface area contributed by atoms with Crippen LogP contribution < -0.4 is 5.32 Å². The van der Waals surface area contributed by atoms with E-state index >= 15 is 0 Å². The number of fused-ring (bicyclic) bond motifs is 1. The van der Waals surface area contributed by atoms with Gasteiger partial charge in [-0.2, -0.15) is 0 Å². The number of nitrogens with zero attached hydrogens (tertiary/aromatic N) is 1. The molecule has 1 fully saturated rings. The zero-order chi connectivity index (χ0) is 16.6. The number of carbonyl (C=O) groups is 3. The molecule has 2 heterocycles. The summed E-state index contributed by atoms with van der Waals surface area (Å²) in [5.41, 5.74) is -0.294. The van der Waals surface area contributed by atoms with Gasteiger partial charge in [0.2, 0.25) is 11.8 Å². The van der Waals surface area contributed by atoms with Gasteiger partial charge in [-0.25, -0.2) is 9.00 Å². The number of nitrogens with one attached hydrogen (secondary N) is 1. The summed E-state index contributed by atoms with van der Waals surface area (Å²) in [6, 6.07) is -0.480. The molecule has 0 aromatic carbocycles. The smallest absolute Gasteiger partial charge is 0.353 e. The Hall–Kier alpha value is -2.00. The van der Waals surface area contributed by atoms with Crippen LogP contribution in [-0.4, -0.2) is 49.3 Å². The zero-order valence-electron chi connectivity index (χ0n) is 12.0. The van der Waals surface area contributed by atoms with Crippen molar-refractivity contribution in [2.75, 3.05) is 0 Å². The minimum absolute atomic E-state index is 0.107. The fourth-order valence-electron chi connectivity index (χ4n) is 2.71. The first-order valence-corrected chi connectivity index (χ1v) is 7.79. The van der Waals surface area contributed by atoms with Crippen molar-refractivity contribution in [3.8, 4) is 0 Å². The molecule has 3 N–H and O–H groups in total. The second-order valence-corrected chi connectivity index (χ2v) is 6.48. The molecule has 2 aliphatic heterocycles. The van der Waals surface area contributed by atoms with Crippen molar-refractivity contribution in [3.63, 3.8) is 0 Å². The molecule has 0 aliphatic carbocycles. The molecule has 2 aliphatic rings. The monoisotopic (exact) mass is 328 g/mol. The lowest BCUT2D eigenvalue weighted by atomic mass is 9.83. The zero-order valence-corrected chi connectivity index (χ0v) is 12.8. The number of hydrogen-bond acceptors (Lipinski definition) is 5. The molecule has 120 valence electrons. The molecule has 0 radical (unpaired) electrons. The molecule has 0 bridgehead atoms. The largest absolute Gasteiger partial charge is 0.477 e. The Balaban J connectivity index is 2.25. The van der Waals surface area contributed by atoms with Gasteiger partial charge < -0.3 is 20.4 Å². The Morgan fingerprint density at radius 1 is 1.50 bits per heavy atom. The Morgan fingerprint density at radius 3 is 2.64 bits per heavy atom. The number of aliphatic hydroxyl groups is 1. The van der Waals surface area contributed by atoms with Crippen LogP contribution >= 0.6 is 0 Å². The van der Waals surface area contributed by atoms with Crippen LogP contribution in [0.2, 0.25) is 0 Å². The molecule has 0 spiro atoms. The van der Waals surface area contributed by atoms with E-state index in [0.717, 1.165) is 10.3 Å². The van der Waals surface area contributed by atoms with Gasteiger partial charge in [0.25, 0.3) is 0 Å².